The van der Waals surface area contributed by atoms with Gasteiger partial charge in [-0.05, 0) is 106 Å². The van der Waals surface area contributed by atoms with Crippen molar-refractivity contribution < 1.29 is 40.9 Å². The van der Waals surface area contributed by atoms with Crippen LogP contribution in [0.5, 0.6) is 11.5 Å². The average Bonchev–Trinajstić information content (AvgIpc) is 1.42. The molecule has 0 bridgehead atoms. The minimum atomic E-state index is -4.50. The molecule has 1 aliphatic rings. The summed E-state index contributed by atoms with van der Waals surface area (Å²) in [7, 11) is 2.60. The highest BCUT2D eigenvalue weighted by atomic mass is 32.1. The van der Waals surface area contributed by atoms with Gasteiger partial charge in [0.05, 0.1) is 48.5 Å². The second kappa shape index (κ2) is 30.0. The maximum atomic E-state index is 13.0. The van der Waals surface area contributed by atoms with Crippen molar-refractivity contribution in [3.05, 3.63) is 171 Å². The normalized spacial score (nSPS) is 12.0. The summed E-state index contributed by atoms with van der Waals surface area (Å²) in [4.78, 5) is 55.2. The summed E-state index contributed by atoms with van der Waals surface area (Å²) >= 11 is 5.99. The number of alkyl halides is 6. The molecule has 12 rings (SSSR count). The molecule has 0 atom stereocenters. The molecule has 11 aromatic rings. The Morgan fingerprint density at radius 2 is 0.878 bits per heavy atom. The largest absolute Gasteiger partial charge is 0.497 e. The molecule has 0 saturated heterocycles. The van der Waals surface area contributed by atoms with Crippen LogP contribution in [0.25, 0.3) is 42.8 Å². The second-order valence-electron chi connectivity index (χ2n) is 19.3. The van der Waals surface area contributed by atoms with Crippen molar-refractivity contribution in [1.82, 2.24) is 59.8 Å². The van der Waals surface area contributed by atoms with E-state index in [1.807, 2.05) is 50.5 Å². The maximum absolute atomic E-state index is 13.0. The topological polar surface area (TPSA) is 265 Å². The van der Waals surface area contributed by atoms with E-state index in [4.69, 9.17) is 19.8 Å². The number of halogens is 6. The highest BCUT2D eigenvalue weighted by Crippen LogP contribution is 2.37. The van der Waals surface area contributed by atoms with Crippen LogP contribution in [0.4, 0.5) is 67.2 Å². The van der Waals surface area contributed by atoms with Crippen LogP contribution in [-0.4, -0.2) is 85.2 Å². The summed E-state index contributed by atoms with van der Waals surface area (Å²) in [6.45, 7) is 5.87. The van der Waals surface area contributed by atoms with E-state index in [0.717, 1.165) is 67.1 Å². The van der Waals surface area contributed by atoms with E-state index < -0.39 is 23.5 Å². The van der Waals surface area contributed by atoms with Crippen LogP contribution < -0.4 is 30.7 Å². The Morgan fingerprint density at radius 3 is 1.23 bits per heavy atom. The number of nitrogens with one attached hydrogen (secondary N) is 4. The summed E-state index contributed by atoms with van der Waals surface area (Å²) in [5, 5.41) is 33.1. The molecule has 0 spiro atoms. The number of aryl methyl sites for hydroxylation is 3. The summed E-state index contributed by atoms with van der Waals surface area (Å²) in [6, 6.07) is 23.5. The first kappa shape index (κ1) is 64.8. The lowest BCUT2D eigenvalue weighted by Crippen LogP contribution is -2.16. The van der Waals surface area contributed by atoms with Gasteiger partial charge in [0.15, 0.2) is 0 Å². The molecule has 8 aromatic heterocycles. The van der Waals surface area contributed by atoms with Crippen LogP contribution in [-0.2, 0) is 19.0 Å². The molecule has 0 unspecified atom stereocenters. The minimum absolute atomic E-state index is 0.0611. The lowest BCUT2D eigenvalue weighted by Gasteiger charge is -2.12. The molecule has 8 heterocycles. The molecule has 1 saturated carbocycles. The first-order valence-corrected chi connectivity index (χ1v) is 30.3. The first-order valence-electron chi connectivity index (χ1n) is 27.1. The third-order valence-electron chi connectivity index (χ3n) is 12.5. The van der Waals surface area contributed by atoms with Gasteiger partial charge in [-0.2, -0.15) is 31.6 Å². The number of hydrogen-bond acceptors (Lipinski definition) is 24. The SMILES string of the molecule is COc1cc(Nc2nccc(-c3ncc(C)s3)n2)cc(C(F)(F)F)c1.COc1cc(Nc2nccc(-c3ncc(CO)s3)n2)cc(C(F)(F)F)c1.Cc1cnc(-c2ccnc(NC3CCCC3)n2)s1.Cc1cnc(-c2ccnc(Nc3ccc(C#N)cc3)n2)s1. The van der Waals surface area contributed by atoms with E-state index in [9.17, 15) is 26.3 Å². The van der Waals surface area contributed by atoms with Gasteiger partial charge >= 0.3 is 12.4 Å². The number of benzene rings is 3. The molecule has 462 valence electrons. The predicted molar refractivity (Wildman–Crippen MR) is 336 cm³/mol. The number of aromatic nitrogens is 12. The Morgan fingerprint density at radius 1 is 0.500 bits per heavy atom. The maximum Gasteiger partial charge on any atom is 0.416 e. The number of rotatable bonds is 15. The number of methoxy groups -OCH3 is 2. The zero-order chi connectivity index (χ0) is 63.8. The van der Waals surface area contributed by atoms with Crippen LogP contribution in [0, 0.1) is 32.1 Å². The van der Waals surface area contributed by atoms with Crippen molar-refractivity contribution >= 4 is 86.2 Å². The monoisotopic (exact) mass is 1300 g/mol. The van der Waals surface area contributed by atoms with Crippen LogP contribution in [0.15, 0.2) is 135 Å². The van der Waals surface area contributed by atoms with Crippen LogP contribution in [0.1, 0.15) is 61.9 Å². The summed E-state index contributed by atoms with van der Waals surface area (Å²) < 4.78 is 87.8. The molecule has 5 N–H and O–H groups in total. The fourth-order valence-corrected chi connectivity index (χ4v) is 11.2. The van der Waals surface area contributed by atoms with Crippen molar-refractivity contribution in [1.29, 1.82) is 5.26 Å². The molecule has 3 aromatic carbocycles. The van der Waals surface area contributed by atoms with Gasteiger partial charge in [-0.15, -0.1) is 45.3 Å². The van der Waals surface area contributed by atoms with E-state index in [1.54, 1.807) is 65.5 Å². The third-order valence-corrected chi connectivity index (χ3v) is 16.3. The summed E-state index contributed by atoms with van der Waals surface area (Å²) in [5.74, 6) is 1.67. The summed E-state index contributed by atoms with van der Waals surface area (Å²) in [5.41, 5.74) is 2.89. The fraction of sp³-hybridized carbons (Fsp3) is 0.217. The number of thiazole rings is 4. The molecular weight excluding hydrogens is 1250 g/mol. The van der Waals surface area contributed by atoms with Gasteiger partial charge in [0, 0.05) is 99.4 Å². The predicted octanol–water partition coefficient (Wildman–Crippen LogP) is 15.3. The zero-order valence-electron chi connectivity index (χ0n) is 48.3. The van der Waals surface area contributed by atoms with Gasteiger partial charge in [0.25, 0.3) is 0 Å². The first-order chi connectivity index (χ1) is 43.3. The number of nitrogens with zero attached hydrogens (tertiary/aromatic N) is 13. The Bertz CT molecular complexity index is 4210. The lowest BCUT2D eigenvalue weighted by atomic mass is 10.2. The minimum Gasteiger partial charge on any atom is -0.497 e. The molecule has 20 nitrogen and oxygen atoms in total. The number of hydrogen-bond donors (Lipinski definition) is 5. The van der Waals surface area contributed by atoms with Crippen molar-refractivity contribution in [2.24, 2.45) is 0 Å². The molecular formula is C60H53F6N17O3S4. The molecule has 90 heavy (non-hydrogen) atoms. The Labute approximate surface area is 527 Å². The van der Waals surface area contributed by atoms with Crippen molar-refractivity contribution in [2.45, 2.75) is 71.5 Å². The Balaban J connectivity index is 0.000000143. The van der Waals surface area contributed by atoms with Crippen molar-refractivity contribution in [3.8, 4) is 60.4 Å². The zero-order valence-corrected chi connectivity index (χ0v) is 51.6. The van der Waals surface area contributed by atoms with E-state index in [0.29, 0.717) is 43.8 Å². The number of aliphatic hydroxyl groups is 1. The smallest absolute Gasteiger partial charge is 0.416 e. The summed E-state index contributed by atoms with van der Waals surface area (Å²) in [6.07, 6.45) is 9.55. The quantitative estimate of drug-likeness (QED) is 0.0597. The standard InChI is InChI=1S/C16H13F3N4O2S.C16H13F3N4OS.C15H11N5S.C13H16N4S/c1-25-11-5-9(16(17,18)19)4-10(6-11)22-15-20-3-2-13(23-15)14-21-7-12(8-24)26-14;1-9-8-21-14(25-9)13-3-4-20-15(23-13)22-11-5-10(16(17,18)19)6-12(7-11)24-2;1-10-9-18-14(21-10)13-6-7-17-15(20-13)19-12-4-2-11(8-16)3-5-12;1-9-8-15-12(18-9)11-6-7-14-13(17-11)16-10-4-2-3-5-10/h2-7,24H,8H2,1H3,(H,20,22,23);3-8H,1-2H3,(H,20,22,23);2-7,9H,1H3,(H,17,19,20);6-8,10H,2-5H2,1H3,(H,14,16,17). The molecule has 0 amide bonds. The number of ether oxygens (including phenoxy) is 2. The van der Waals surface area contributed by atoms with Gasteiger partial charge in [-0.3, -0.25) is 0 Å². The lowest BCUT2D eigenvalue weighted by molar-refractivity contribution is -0.138. The van der Waals surface area contributed by atoms with Crippen LogP contribution in [0.2, 0.25) is 0 Å². The number of nitriles is 1. The molecule has 1 fully saturated rings. The van der Waals surface area contributed by atoms with Crippen molar-refractivity contribution in [2.75, 3.05) is 35.5 Å². The number of aliphatic hydroxyl groups excluding tert-OH is 1. The van der Waals surface area contributed by atoms with Gasteiger partial charge in [-0.1, -0.05) is 12.8 Å². The van der Waals surface area contributed by atoms with Crippen molar-refractivity contribution in [3.63, 3.8) is 0 Å². The Hall–Kier alpha value is -9.67. The molecule has 30 heteroatoms. The van der Waals surface area contributed by atoms with Gasteiger partial charge < -0.3 is 35.8 Å². The second-order valence-corrected chi connectivity index (χ2v) is 24.1. The van der Waals surface area contributed by atoms with E-state index >= 15 is 0 Å². The van der Waals surface area contributed by atoms with E-state index in [1.165, 1.54) is 98.2 Å². The van der Waals surface area contributed by atoms with E-state index in [-0.39, 0.29) is 41.4 Å². The van der Waals surface area contributed by atoms with Gasteiger partial charge in [0.1, 0.15) is 54.3 Å². The molecule has 1 aliphatic carbocycles. The highest BCUT2D eigenvalue weighted by molar-refractivity contribution is 7.15. The average molecular weight is 1300 g/mol. The number of anilines is 7. The van der Waals surface area contributed by atoms with E-state index in [2.05, 4.69) is 94.1 Å². The Kier molecular flexibility index (Phi) is 21.6. The fourth-order valence-electron chi connectivity index (χ4n) is 8.25. The molecule has 0 radical (unpaired) electrons. The van der Waals surface area contributed by atoms with Gasteiger partial charge in [0.2, 0.25) is 23.8 Å². The third kappa shape index (κ3) is 18.5. The molecule has 0 aliphatic heterocycles. The highest BCUT2D eigenvalue weighted by Gasteiger charge is 2.33. The van der Waals surface area contributed by atoms with Gasteiger partial charge in [-0.25, -0.2) is 59.8 Å². The van der Waals surface area contributed by atoms with Crippen LogP contribution in [0.3, 0.4) is 0 Å². The van der Waals surface area contributed by atoms with Crippen LogP contribution >= 0.6 is 45.3 Å².